The van der Waals surface area contributed by atoms with Gasteiger partial charge in [0.15, 0.2) is 0 Å². The van der Waals surface area contributed by atoms with Crippen molar-refractivity contribution in [2.45, 2.75) is 26.3 Å². The van der Waals surface area contributed by atoms with Gasteiger partial charge in [0.05, 0.1) is 6.04 Å². The third-order valence-corrected chi connectivity index (χ3v) is 2.30. The van der Waals surface area contributed by atoms with Crippen LogP contribution in [0.15, 0.2) is 0 Å². The molecular weight excluding hydrogens is 190 g/mol. The van der Waals surface area contributed by atoms with Crippen LogP contribution < -0.4 is 11.1 Å². The smallest absolute Gasteiger partial charge is 0.237 e. The van der Waals surface area contributed by atoms with Gasteiger partial charge in [-0.15, -0.1) is 12.3 Å². The third-order valence-electron chi connectivity index (χ3n) is 2.30. The highest BCUT2D eigenvalue weighted by atomic mass is 16.2. The van der Waals surface area contributed by atoms with E-state index in [0.29, 0.717) is 6.54 Å². The maximum absolute atomic E-state index is 11.3. The Morgan fingerprint density at radius 2 is 2.13 bits per heavy atom. The first-order valence-corrected chi connectivity index (χ1v) is 5.34. The summed E-state index contributed by atoms with van der Waals surface area (Å²) in [5.74, 6) is 2.21. The van der Waals surface area contributed by atoms with Gasteiger partial charge in [-0.25, -0.2) is 0 Å². The van der Waals surface area contributed by atoms with E-state index < -0.39 is 6.04 Å². The van der Waals surface area contributed by atoms with Crippen LogP contribution in [0.3, 0.4) is 0 Å². The summed E-state index contributed by atoms with van der Waals surface area (Å²) < 4.78 is 0. The second-order valence-corrected chi connectivity index (χ2v) is 3.33. The summed E-state index contributed by atoms with van der Waals surface area (Å²) in [4.78, 5) is 13.6. The fraction of sp³-hybridized carbons (Fsp3) is 0.727. The van der Waals surface area contributed by atoms with Crippen molar-refractivity contribution in [3.8, 4) is 12.3 Å². The molecule has 1 unspecified atom stereocenters. The molecule has 0 aliphatic rings. The first kappa shape index (κ1) is 13.9. The Hall–Kier alpha value is -1.05. The fourth-order valence-electron chi connectivity index (χ4n) is 1.23. The molecule has 4 heteroatoms. The van der Waals surface area contributed by atoms with Gasteiger partial charge in [-0.05, 0) is 13.1 Å². The zero-order chi connectivity index (χ0) is 11.7. The summed E-state index contributed by atoms with van der Waals surface area (Å²) in [5.41, 5.74) is 5.54. The Labute approximate surface area is 92.2 Å². The normalized spacial score (nSPS) is 12.2. The summed E-state index contributed by atoms with van der Waals surface area (Å²) in [6.45, 7) is 7.64. The highest BCUT2D eigenvalue weighted by Crippen LogP contribution is 1.87. The average molecular weight is 211 g/mol. The SMILES string of the molecule is C#CCC(N)C(=O)NCCN(CC)CC. The van der Waals surface area contributed by atoms with Crippen LogP contribution in [0.2, 0.25) is 0 Å². The van der Waals surface area contributed by atoms with Gasteiger partial charge in [-0.3, -0.25) is 4.79 Å². The first-order valence-electron chi connectivity index (χ1n) is 5.34. The van der Waals surface area contributed by atoms with E-state index >= 15 is 0 Å². The van der Waals surface area contributed by atoms with Gasteiger partial charge in [0.1, 0.15) is 0 Å². The van der Waals surface area contributed by atoms with Crippen LogP contribution in [0.1, 0.15) is 20.3 Å². The molecule has 0 aromatic rings. The minimum absolute atomic E-state index is 0.167. The second kappa shape index (κ2) is 8.27. The second-order valence-electron chi connectivity index (χ2n) is 3.33. The highest BCUT2D eigenvalue weighted by Gasteiger charge is 2.11. The number of amides is 1. The van der Waals surface area contributed by atoms with E-state index in [2.05, 4.69) is 30.0 Å². The van der Waals surface area contributed by atoms with Gasteiger partial charge in [-0.2, -0.15) is 0 Å². The van der Waals surface area contributed by atoms with Crippen LogP contribution in [-0.4, -0.2) is 43.0 Å². The minimum atomic E-state index is -0.577. The van der Waals surface area contributed by atoms with Crippen LogP contribution in [0.25, 0.3) is 0 Å². The van der Waals surface area contributed by atoms with Gasteiger partial charge >= 0.3 is 0 Å². The molecule has 0 spiro atoms. The maximum Gasteiger partial charge on any atom is 0.237 e. The van der Waals surface area contributed by atoms with Crippen LogP contribution in [0.4, 0.5) is 0 Å². The van der Waals surface area contributed by atoms with Crippen molar-refractivity contribution < 1.29 is 4.79 Å². The van der Waals surface area contributed by atoms with Crippen molar-refractivity contribution in [1.29, 1.82) is 0 Å². The summed E-state index contributed by atoms with van der Waals surface area (Å²) in [6, 6.07) is -0.577. The molecule has 0 heterocycles. The van der Waals surface area contributed by atoms with E-state index in [1.165, 1.54) is 0 Å². The number of carbonyl (C=O) groups excluding carboxylic acids is 1. The van der Waals surface area contributed by atoms with E-state index in [4.69, 9.17) is 12.2 Å². The van der Waals surface area contributed by atoms with Gasteiger partial charge in [0, 0.05) is 19.5 Å². The van der Waals surface area contributed by atoms with Crippen LogP contribution in [-0.2, 0) is 4.79 Å². The van der Waals surface area contributed by atoms with E-state index in [9.17, 15) is 4.79 Å². The molecule has 0 saturated heterocycles. The molecule has 0 aliphatic heterocycles. The zero-order valence-corrected chi connectivity index (χ0v) is 9.62. The molecule has 0 aliphatic carbocycles. The number of nitrogens with one attached hydrogen (secondary N) is 1. The van der Waals surface area contributed by atoms with E-state index in [0.717, 1.165) is 19.6 Å². The van der Waals surface area contributed by atoms with Gasteiger partial charge in [0.25, 0.3) is 0 Å². The monoisotopic (exact) mass is 211 g/mol. The molecule has 3 N–H and O–H groups in total. The molecule has 4 nitrogen and oxygen atoms in total. The first-order chi connectivity index (χ1) is 7.15. The lowest BCUT2D eigenvalue weighted by atomic mass is 10.2. The summed E-state index contributed by atoms with van der Waals surface area (Å²) in [6.07, 6.45) is 5.36. The van der Waals surface area contributed by atoms with Crippen molar-refractivity contribution >= 4 is 5.91 Å². The quantitative estimate of drug-likeness (QED) is 0.573. The lowest BCUT2D eigenvalue weighted by Crippen LogP contribution is -2.43. The molecule has 0 aromatic heterocycles. The Balaban J connectivity index is 3.67. The van der Waals surface area contributed by atoms with Gasteiger partial charge < -0.3 is 16.0 Å². The molecule has 1 amide bonds. The van der Waals surface area contributed by atoms with Gasteiger partial charge in [-0.1, -0.05) is 13.8 Å². The molecule has 0 aromatic carbocycles. The molecule has 0 saturated carbocycles. The zero-order valence-electron chi connectivity index (χ0n) is 9.62. The number of hydrogen-bond donors (Lipinski definition) is 2. The molecule has 1 atom stereocenters. The largest absolute Gasteiger partial charge is 0.353 e. The third kappa shape index (κ3) is 6.10. The molecule has 15 heavy (non-hydrogen) atoms. The summed E-state index contributed by atoms with van der Waals surface area (Å²) >= 11 is 0. The predicted molar refractivity (Wildman–Crippen MR) is 62.2 cm³/mol. The number of likely N-dealkylation sites (N-methyl/N-ethyl adjacent to an activating group) is 1. The number of carbonyl (C=O) groups is 1. The minimum Gasteiger partial charge on any atom is -0.353 e. The lowest BCUT2D eigenvalue weighted by Gasteiger charge is -2.18. The predicted octanol–water partition coefficient (Wildman–Crippen LogP) is -0.205. The molecule has 0 radical (unpaired) electrons. The molecule has 86 valence electrons. The van der Waals surface area contributed by atoms with E-state index in [1.807, 2.05) is 0 Å². The van der Waals surface area contributed by atoms with Crippen molar-refractivity contribution in [3.05, 3.63) is 0 Å². The van der Waals surface area contributed by atoms with Crippen molar-refractivity contribution in [3.63, 3.8) is 0 Å². The van der Waals surface area contributed by atoms with Crippen LogP contribution in [0, 0.1) is 12.3 Å². The summed E-state index contributed by atoms with van der Waals surface area (Å²) in [7, 11) is 0. The topological polar surface area (TPSA) is 58.4 Å². The Morgan fingerprint density at radius 1 is 1.53 bits per heavy atom. The van der Waals surface area contributed by atoms with Crippen LogP contribution in [0.5, 0.6) is 0 Å². The van der Waals surface area contributed by atoms with Crippen LogP contribution >= 0.6 is 0 Å². The standard InChI is InChI=1S/C11H21N3O/c1-4-7-10(12)11(15)13-8-9-14(5-2)6-3/h1,10H,5-9,12H2,2-3H3,(H,13,15). The van der Waals surface area contributed by atoms with Crippen molar-refractivity contribution in [2.24, 2.45) is 5.73 Å². The fourth-order valence-corrected chi connectivity index (χ4v) is 1.23. The number of rotatable bonds is 7. The Bertz CT molecular complexity index is 218. The van der Waals surface area contributed by atoms with E-state index in [-0.39, 0.29) is 12.3 Å². The number of nitrogens with two attached hydrogens (primary N) is 1. The highest BCUT2D eigenvalue weighted by molar-refractivity contribution is 5.81. The molecule has 0 fully saturated rings. The molecule has 0 rings (SSSR count). The maximum atomic E-state index is 11.3. The molecular formula is C11H21N3O. The number of terminal acetylenes is 1. The number of hydrogen-bond acceptors (Lipinski definition) is 3. The number of nitrogens with zero attached hydrogens (tertiary/aromatic N) is 1. The van der Waals surface area contributed by atoms with Crippen molar-refractivity contribution in [1.82, 2.24) is 10.2 Å². The Kier molecular flexibility index (Phi) is 7.69. The van der Waals surface area contributed by atoms with Crippen molar-refractivity contribution in [2.75, 3.05) is 26.2 Å². The summed E-state index contributed by atoms with van der Waals surface area (Å²) in [5, 5.41) is 2.77. The van der Waals surface area contributed by atoms with E-state index in [1.54, 1.807) is 0 Å². The van der Waals surface area contributed by atoms with Gasteiger partial charge in [0.2, 0.25) is 5.91 Å². The Morgan fingerprint density at radius 3 is 2.60 bits per heavy atom. The lowest BCUT2D eigenvalue weighted by molar-refractivity contribution is -0.122. The average Bonchev–Trinajstić information content (AvgIpc) is 2.24. The molecule has 0 bridgehead atoms.